The van der Waals surface area contributed by atoms with E-state index in [0.29, 0.717) is 10.3 Å². The number of primary amides is 1. The van der Waals surface area contributed by atoms with Gasteiger partial charge in [-0.3, -0.25) is 23.7 Å². The molecule has 0 spiro atoms. The van der Waals surface area contributed by atoms with Crippen molar-refractivity contribution in [2.24, 2.45) is 5.73 Å². The Morgan fingerprint density at radius 1 is 1.03 bits per heavy atom. The average Bonchev–Trinajstić information content (AvgIpc) is 3.11. The van der Waals surface area contributed by atoms with Crippen LogP contribution in [0.1, 0.15) is 25.6 Å². The highest BCUT2D eigenvalue weighted by molar-refractivity contribution is 7.17. The van der Waals surface area contributed by atoms with Gasteiger partial charge in [-0.1, -0.05) is 41.9 Å². The van der Waals surface area contributed by atoms with E-state index >= 15 is 0 Å². The molecule has 0 aliphatic heterocycles. The summed E-state index contributed by atoms with van der Waals surface area (Å²) in [6.45, 7) is 0. The molecule has 0 bridgehead atoms. The molecule has 2 aromatic carbocycles. The minimum absolute atomic E-state index is 0.139. The molecule has 0 saturated heterocycles. The van der Waals surface area contributed by atoms with E-state index in [9.17, 15) is 19.2 Å². The number of hydrogen-bond donors (Lipinski definition) is 3. The van der Waals surface area contributed by atoms with E-state index in [1.165, 1.54) is 22.9 Å². The van der Waals surface area contributed by atoms with Crippen LogP contribution in [0.25, 0.3) is 16.5 Å². The van der Waals surface area contributed by atoms with Gasteiger partial charge in [0, 0.05) is 21.8 Å². The predicted octanol–water partition coefficient (Wildman–Crippen LogP) is 3.68. The van der Waals surface area contributed by atoms with Gasteiger partial charge in [-0.2, -0.15) is 0 Å². The number of nitrogens with two attached hydrogens (primary N) is 1. The number of carbonyl (C=O) groups excluding carboxylic acids is 2. The van der Waals surface area contributed by atoms with Crippen molar-refractivity contribution in [2.45, 2.75) is 6.42 Å². The van der Waals surface area contributed by atoms with Gasteiger partial charge in [0.2, 0.25) is 0 Å². The van der Waals surface area contributed by atoms with Gasteiger partial charge >= 0.3 is 5.97 Å². The number of rotatable bonds is 6. The molecule has 0 radical (unpaired) electrons. The van der Waals surface area contributed by atoms with Gasteiger partial charge in [0.05, 0.1) is 28.9 Å². The summed E-state index contributed by atoms with van der Waals surface area (Å²) in [6, 6.07) is 14.5. The number of carboxylic acids is 1. The van der Waals surface area contributed by atoms with Gasteiger partial charge in [-0.25, -0.2) is 0 Å². The number of halogens is 1. The molecule has 4 N–H and O–H groups in total. The predicted molar refractivity (Wildman–Crippen MR) is 127 cm³/mol. The molecule has 8 nitrogen and oxygen atoms in total. The van der Waals surface area contributed by atoms with Crippen LogP contribution in [0, 0.1) is 0 Å². The number of carboxylic acid groups (broad SMARTS) is 1. The highest BCUT2D eigenvalue weighted by Crippen LogP contribution is 2.33. The summed E-state index contributed by atoms with van der Waals surface area (Å²) >= 11 is 7.22. The molecule has 0 fully saturated rings. The number of anilines is 1. The second kappa shape index (κ2) is 8.89. The van der Waals surface area contributed by atoms with Crippen LogP contribution in [-0.2, 0) is 11.2 Å². The van der Waals surface area contributed by atoms with Crippen LogP contribution < -0.4 is 16.6 Å². The fourth-order valence-electron chi connectivity index (χ4n) is 3.47. The summed E-state index contributed by atoms with van der Waals surface area (Å²) in [4.78, 5) is 49.8. The van der Waals surface area contributed by atoms with E-state index < -0.39 is 23.3 Å². The largest absolute Gasteiger partial charge is 0.481 e. The Bertz CT molecular complexity index is 1490. The SMILES string of the molecule is NC(=O)c1cn(-c2ccccc2C(=O)Nc2cc(CC(=O)O)sc2Cl)c(=O)c2ccccc12. The Balaban J connectivity index is 1.80. The van der Waals surface area contributed by atoms with Gasteiger partial charge in [-0.15, -0.1) is 11.3 Å². The molecule has 4 aromatic rings. The molecule has 2 aromatic heterocycles. The summed E-state index contributed by atoms with van der Waals surface area (Å²) in [5.74, 6) is -2.29. The summed E-state index contributed by atoms with van der Waals surface area (Å²) in [5.41, 5.74) is 5.91. The number of carbonyl (C=O) groups is 3. The molecule has 0 unspecified atom stereocenters. The number of aromatic nitrogens is 1. The van der Waals surface area contributed by atoms with Gasteiger partial charge in [0.15, 0.2) is 0 Å². The van der Waals surface area contributed by atoms with Crippen molar-refractivity contribution in [3.8, 4) is 5.69 Å². The first-order valence-corrected chi connectivity index (χ1v) is 10.8. The van der Waals surface area contributed by atoms with E-state index in [-0.39, 0.29) is 38.6 Å². The quantitative estimate of drug-likeness (QED) is 0.386. The number of amides is 2. The highest BCUT2D eigenvalue weighted by Gasteiger charge is 2.19. The van der Waals surface area contributed by atoms with Crippen molar-refractivity contribution in [1.29, 1.82) is 0 Å². The van der Waals surface area contributed by atoms with Gasteiger partial charge < -0.3 is 16.2 Å². The van der Waals surface area contributed by atoms with Crippen molar-refractivity contribution < 1.29 is 19.5 Å². The lowest BCUT2D eigenvalue weighted by Crippen LogP contribution is -2.25. The van der Waals surface area contributed by atoms with Crippen molar-refractivity contribution in [3.05, 3.63) is 91.5 Å². The molecule has 10 heteroatoms. The van der Waals surface area contributed by atoms with Crippen LogP contribution in [-0.4, -0.2) is 27.5 Å². The van der Waals surface area contributed by atoms with Crippen LogP contribution in [0.15, 0.2) is 65.6 Å². The molecule has 0 aliphatic carbocycles. The summed E-state index contributed by atoms with van der Waals surface area (Å²) in [6.07, 6.45) is 1.10. The lowest BCUT2D eigenvalue weighted by atomic mass is 10.1. The molecule has 4 rings (SSSR count). The normalized spacial score (nSPS) is 10.8. The van der Waals surface area contributed by atoms with Crippen molar-refractivity contribution in [2.75, 3.05) is 5.32 Å². The second-order valence-corrected chi connectivity index (χ2v) is 8.81. The van der Waals surface area contributed by atoms with Gasteiger partial charge in [0.25, 0.3) is 17.4 Å². The van der Waals surface area contributed by atoms with Gasteiger partial charge in [-0.05, 0) is 24.3 Å². The van der Waals surface area contributed by atoms with Crippen molar-refractivity contribution in [3.63, 3.8) is 0 Å². The first-order valence-electron chi connectivity index (χ1n) is 9.61. The number of thiophene rings is 1. The third-order valence-electron chi connectivity index (χ3n) is 4.91. The first-order chi connectivity index (χ1) is 15.8. The number of nitrogens with zero attached hydrogens (tertiary/aromatic N) is 1. The lowest BCUT2D eigenvalue weighted by Gasteiger charge is -2.14. The zero-order valence-corrected chi connectivity index (χ0v) is 18.4. The maximum Gasteiger partial charge on any atom is 0.308 e. The molecular formula is C23H16ClN3O5S. The molecule has 2 amide bonds. The molecule has 33 heavy (non-hydrogen) atoms. The monoisotopic (exact) mass is 481 g/mol. The number of pyridine rings is 1. The third kappa shape index (κ3) is 4.36. The average molecular weight is 482 g/mol. The number of nitrogens with one attached hydrogen (secondary N) is 1. The Hall–Kier alpha value is -3.95. The fraction of sp³-hybridized carbons (Fsp3) is 0.0435. The molecule has 2 heterocycles. The second-order valence-electron chi connectivity index (χ2n) is 7.07. The Morgan fingerprint density at radius 2 is 1.70 bits per heavy atom. The number of hydrogen-bond acceptors (Lipinski definition) is 5. The zero-order chi connectivity index (χ0) is 23.7. The Morgan fingerprint density at radius 3 is 2.39 bits per heavy atom. The van der Waals surface area contributed by atoms with Crippen molar-refractivity contribution >= 4 is 57.2 Å². The molecular weight excluding hydrogens is 466 g/mol. The summed E-state index contributed by atoms with van der Waals surface area (Å²) in [5, 5.41) is 12.3. The van der Waals surface area contributed by atoms with E-state index in [1.807, 2.05) is 0 Å². The standard InChI is InChI=1S/C23H16ClN3O5S/c24-20-17(9-12(33-20)10-19(28)29)26-22(31)15-7-3-4-8-18(15)27-11-16(21(25)30)13-5-1-2-6-14(13)23(27)32/h1-9,11H,10H2,(H2,25,30)(H,26,31)(H,28,29). The number of para-hydroxylation sites is 1. The molecule has 0 aliphatic rings. The minimum Gasteiger partial charge on any atom is -0.481 e. The van der Waals surface area contributed by atoms with E-state index in [4.69, 9.17) is 22.4 Å². The van der Waals surface area contributed by atoms with Crippen LogP contribution in [0.5, 0.6) is 0 Å². The summed E-state index contributed by atoms with van der Waals surface area (Å²) in [7, 11) is 0. The Labute approximate surface area is 195 Å². The van der Waals surface area contributed by atoms with Crippen LogP contribution in [0.2, 0.25) is 4.34 Å². The van der Waals surface area contributed by atoms with Crippen LogP contribution >= 0.6 is 22.9 Å². The minimum atomic E-state index is -1.02. The van der Waals surface area contributed by atoms with Crippen LogP contribution in [0.4, 0.5) is 5.69 Å². The van der Waals surface area contributed by atoms with E-state index in [1.54, 1.807) is 42.5 Å². The lowest BCUT2D eigenvalue weighted by molar-refractivity contribution is -0.136. The first kappa shape index (κ1) is 22.3. The maximum absolute atomic E-state index is 13.2. The number of aliphatic carboxylic acids is 1. The van der Waals surface area contributed by atoms with E-state index in [0.717, 1.165) is 11.3 Å². The number of benzene rings is 2. The fourth-order valence-corrected chi connectivity index (χ4v) is 4.69. The molecule has 0 saturated carbocycles. The third-order valence-corrected chi connectivity index (χ3v) is 6.27. The van der Waals surface area contributed by atoms with Crippen LogP contribution in [0.3, 0.4) is 0 Å². The molecule has 0 atom stereocenters. The highest BCUT2D eigenvalue weighted by atomic mass is 35.5. The van der Waals surface area contributed by atoms with Crippen molar-refractivity contribution in [1.82, 2.24) is 4.57 Å². The number of fused-ring (bicyclic) bond motifs is 1. The molecule has 166 valence electrons. The summed E-state index contributed by atoms with van der Waals surface area (Å²) < 4.78 is 1.44. The zero-order valence-electron chi connectivity index (χ0n) is 16.9. The smallest absolute Gasteiger partial charge is 0.308 e. The topological polar surface area (TPSA) is 131 Å². The van der Waals surface area contributed by atoms with Gasteiger partial charge in [0.1, 0.15) is 4.34 Å². The van der Waals surface area contributed by atoms with E-state index in [2.05, 4.69) is 5.32 Å². The maximum atomic E-state index is 13.2. The Kier molecular flexibility index (Phi) is 5.99.